The molecule has 156 valence electrons. The summed E-state index contributed by atoms with van der Waals surface area (Å²) in [5.74, 6) is -0.483. The number of hydrazone groups is 1. The molecule has 0 atom stereocenters. The predicted octanol–water partition coefficient (Wildman–Crippen LogP) is 4.96. The molecule has 0 aliphatic heterocycles. The molecule has 2 aromatic carbocycles. The molecular formula is C19H14ClF3N4O2S. The monoisotopic (exact) mass is 454 g/mol. The molecule has 1 amide bonds. The molecule has 11 heteroatoms. The highest BCUT2D eigenvalue weighted by Gasteiger charge is 2.30. The van der Waals surface area contributed by atoms with Gasteiger partial charge in [0.05, 0.1) is 28.9 Å². The summed E-state index contributed by atoms with van der Waals surface area (Å²) in [6.45, 7) is 0. The summed E-state index contributed by atoms with van der Waals surface area (Å²) in [6.07, 6.45) is -3.13. The highest BCUT2D eigenvalue weighted by Crippen LogP contribution is 2.31. The summed E-state index contributed by atoms with van der Waals surface area (Å²) < 4.78 is 38.4. The lowest BCUT2D eigenvalue weighted by Gasteiger charge is -2.08. The van der Waals surface area contributed by atoms with Crippen LogP contribution in [0.25, 0.3) is 0 Å². The molecule has 6 nitrogen and oxygen atoms in total. The van der Waals surface area contributed by atoms with Gasteiger partial charge in [0.2, 0.25) is 5.91 Å². The van der Waals surface area contributed by atoms with Gasteiger partial charge < -0.3 is 10.4 Å². The van der Waals surface area contributed by atoms with Gasteiger partial charge in [-0.1, -0.05) is 17.7 Å². The van der Waals surface area contributed by atoms with Gasteiger partial charge in [-0.25, -0.2) is 10.4 Å². The molecule has 0 aliphatic rings. The number of anilines is 2. The number of aromatic hydroxyl groups is 1. The number of phenolic OH excluding ortho intramolecular Hbond substituents is 1. The first-order chi connectivity index (χ1) is 14.2. The van der Waals surface area contributed by atoms with Crippen LogP contribution in [0, 0.1) is 0 Å². The first kappa shape index (κ1) is 21.6. The second kappa shape index (κ2) is 9.14. The van der Waals surface area contributed by atoms with Crippen molar-refractivity contribution in [2.24, 2.45) is 5.10 Å². The number of hydrogen-bond acceptors (Lipinski definition) is 6. The number of nitrogens with zero attached hydrogens (tertiary/aromatic N) is 2. The number of rotatable bonds is 6. The van der Waals surface area contributed by atoms with Crippen molar-refractivity contribution in [3.8, 4) is 5.75 Å². The summed E-state index contributed by atoms with van der Waals surface area (Å²) in [5, 5.41) is 18.1. The van der Waals surface area contributed by atoms with Crippen LogP contribution in [0.15, 0.2) is 52.9 Å². The number of carbonyl (C=O) groups excluding carboxylic acids is 1. The zero-order valence-corrected chi connectivity index (χ0v) is 16.6. The summed E-state index contributed by atoms with van der Waals surface area (Å²) in [5.41, 5.74) is 2.84. The Morgan fingerprint density at radius 2 is 2.07 bits per heavy atom. The van der Waals surface area contributed by atoms with Gasteiger partial charge in [0.1, 0.15) is 5.75 Å². The normalized spacial score (nSPS) is 11.6. The quantitative estimate of drug-likeness (QED) is 0.363. The summed E-state index contributed by atoms with van der Waals surface area (Å²) in [7, 11) is 0. The number of alkyl halides is 3. The van der Waals surface area contributed by atoms with Gasteiger partial charge in [-0.2, -0.15) is 18.3 Å². The molecule has 3 rings (SSSR count). The molecule has 0 saturated heterocycles. The van der Waals surface area contributed by atoms with Crippen molar-refractivity contribution >= 4 is 45.9 Å². The minimum Gasteiger partial charge on any atom is -0.506 e. The molecule has 3 N–H and O–H groups in total. The SMILES string of the molecule is O=C(Cc1csc(Nc2cccc(C(F)(F)F)c2)n1)N/N=C\c1ccc(O)c(Cl)c1. The van der Waals surface area contributed by atoms with Gasteiger partial charge in [-0.05, 0) is 42.0 Å². The van der Waals surface area contributed by atoms with Gasteiger partial charge in [0.15, 0.2) is 5.13 Å². The lowest BCUT2D eigenvalue weighted by molar-refractivity contribution is -0.137. The van der Waals surface area contributed by atoms with Crippen LogP contribution in [0.3, 0.4) is 0 Å². The molecule has 30 heavy (non-hydrogen) atoms. The van der Waals surface area contributed by atoms with E-state index in [1.807, 2.05) is 0 Å². The smallest absolute Gasteiger partial charge is 0.416 e. The Kier molecular flexibility index (Phi) is 6.58. The third-order valence-electron chi connectivity index (χ3n) is 3.71. The average molecular weight is 455 g/mol. The van der Waals surface area contributed by atoms with Crippen LogP contribution in [0.4, 0.5) is 24.0 Å². The fourth-order valence-electron chi connectivity index (χ4n) is 2.33. The fraction of sp³-hybridized carbons (Fsp3) is 0.105. The van der Waals surface area contributed by atoms with E-state index < -0.39 is 17.6 Å². The molecule has 0 aliphatic carbocycles. The van der Waals surface area contributed by atoms with E-state index in [1.165, 1.54) is 30.5 Å². The first-order valence-corrected chi connectivity index (χ1v) is 9.65. The van der Waals surface area contributed by atoms with E-state index in [9.17, 15) is 23.1 Å². The Bertz CT molecular complexity index is 1090. The molecule has 1 heterocycles. The molecule has 0 radical (unpaired) electrons. The Hall–Kier alpha value is -3.11. The van der Waals surface area contributed by atoms with E-state index in [0.29, 0.717) is 16.4 Å². The molecule has 0 spiro atoms. The molecule has 3 aromatic rings. The van der Waals surface area contributed by atoms with Crippen molar-refractivity contribution in [2.45, 2.75) is 12.6 Å². The van der Waals surface area contributed by atoms with E-state index in [-0.39, 0.29) is 22.9 Å². The highest BCUT2D eigenvalue weighted by molar-refractivity contribution is 7.13. The summed E-state index contributed by atoms with van der Waals surface area (Å²) in [4.78, 5) is 16.2. The third kappa shape index (κ3) is 5.94. The van der Waals surface area contributed by atoms with Crippen LogP contribution in [0.2, 0.25) is 5.02 Å². The third-order valence-corrected chi connectivity index (χ3v) is 4.82. The zero-order chi connectivity index (χ0) is 21.7. The van der Waals surface area contributed by atoms with E-state index in [2.05, 4.69) is 20.8 Å². The maximum atomic E-state index is 12.8. The predicted molar refractivity (Wildman–Crippen MR) is 109 cm³/mol. The van der Waals surface area contributed by atoms with Crippen LogP contribution < -0.4 is 10.7 Å². The van der Waals surface area contributed by atoms with E-state index in [0.717, 1.165) is 23.5 Å². The number of aromatic nitrogens is 1. The van der Waals surface area contributed by atoms with Crippen LogP contribution in [0.1, 0.15) is 16.8 Å². The standard InChI is InChI=1S/C19H14ClF3N4O2S/c20-15-6-11(4-5-16(15)28)9-24-27-17(29)8-14-10-30-18(26-14)25-13-3-1-2-12(7-13)19(21,22)23/h1-7,9-10,28H,8H2,(H,25,26)(H,27,29)/b24-9-. The van der Waals surface area contributed by atoms with Crippen molar-refractivity contribution in [1.82, 2.24) is 10.4 Å². The Morgan fingerprint density at radius 1 is 1.27 bits per heavy atom. The zero-order valence-electron chi connectivity index (χ0n) is 15.1. The summed E-state index contributed by atoms with van der Waals surface area (Å²) in [6, 6.07) is 9.22. The van der Waals surface area contributed by atoms with Gasteiger partial charge in [-0.3, -0.25) is 4.79 Å². The van der Waals surface area contributed by atoms with Gasteiger partial charge in [-0.15, -0.1) is 11.3 Å². The molecule has 0 saturated carbocycles. The molecule has 0 bridgehead atoms. The second-order valence-electron chi connectivity index (χ2n) is 6.03. The largest absolute Gasteiger partial charge is 0.506 e. The lowest BCUT2D eigenvalue weighted by atomic mass is 10.2. The lowest BCUT2D eigenvalue weighted by Crippen LogP contribution is -2.19. The van der Waals surface area contributed by atoms with Gasteiger partial charge >= 0.3 is 6.18 Å². The molecule has 1 aromatic heterocycles. The maximum Gasteiger partial charge on any atom is 0.416 e. The van der Waals surface area contributed by atoms with E-state index in [4.69, 9.17) is 11.6 Å². The van der Waals surface area contributed by atoms with Crippen LogP contribution >= 0.6 is 22.9 Å². The number of carbonyl (C=O) groups is 1. The van der Waals surface area contributed by atoms with Crippen molar-refractivity contribution in [3.63, 3.8) is 0 Å². The van der Waals surface area contributed by atoms with E-state index >= 15 is 0 Å². The van der Waals surface area contributed by atoms with Crippen molar-refractivity contribution < 1.29 is 23.1 Å². The number of amides is 1. The number of nitrogens with one attached hydrogen (secondary N) is 2. The Labute approximate surface area is 178 Å². The number of hydrogen-bond donors (Lipinski definition) is 3. The maximum absolute atomic E-state index is 12.8. The Morgan fingerprint density at radius 3 is 2.80 bits per heavy atom. The second-order valence-corrected chi connectivity index (χ2v) is 7.29. The molecular weight excluding hydrogens is 441 g/mol. The fourth-order valence-corrected chi connectivity index (χ4v) is 3.25. The summed E-state index contributed by atoms with van der Waals surface area (Å²) >= 11 is 6.95. The van der Waals surface area contributed by atoms with E-state index in [1.54, 1.807) is 11.4 Å². The minimum absolute atomic E-state index is 0.0593. The average Bonchev–Trinajstić information content (AvgIpc) is 3.11. The van der Waals surface area contributed by atoms with Crippen molar-refractivity contribution in [1.29, 1.82) is 0 Å². The minimum atomic E-state index is -4.43. The van der Waals surface area contributed by atoms with Crippen LogP contribution in [0.5, 0.6) is 5.75 Å². The molecule has 0 unspecified atom stereocenters. The molecule has 0 fully saturated rings. The van der Waals surface area contributed by atoms with Crippen LogP contribution in [-0.2, 0) is 17.4 Å². The first-order valence-electron chi connectivity index (χ1n) is 8.40. The van der Waals surface area contributed by atoms with Crippen LogP contribution in [-0.4, -0.2) is 22.2 Å². The number of phenols is 1. The Balaban J connectivity index is 1.55. The highest BCUT2D eigenvalue weighted by atomic mass is 35.5. The number of thiazole rings is 1. The van der Waals surface area contributed by atoms with Crippen molar-refractivity contribution in [3.05, 3.63) is 69.7 Å². The number of benzene rings is 2. The van der Waals surface area contributed by atoms with Crippen molar-refractivity contribution in [2.75, 3.05) is 5.32 Å². The number of halogens is 4. The van der Waals surface area contributed by atoms with Gasteiger partial charge in [0, 0.05) is 11.1 Å². The van der Waals surface area contributed by atoms with Gasteiger partial charge in [0.25, 0.3) is 0 Å². The topological polar surface area (TPSA) is 86.6 Å².